The largest absolute Gasteiger partial charge is 0.368 e. The SMILES string of the molecule is Cc1nnc(C)n1NC(O)c1cc([N+](=O)[O-])ccc1Cl. The summed E-state index contributed by atoms with van der Waals surface area (Å²) in [6.07, 6.45) is -1.23. The normalized spacial score (nSPS) is 12.2. The molecule has 0 aliphatic carbocycles. The van der Waals surface area contributed by atoms with Crippen molar-refractivity contribution >= 4 is 17.3 Å². The fourth-order valence-corrected chi connectivity index (χ4v) is 1.92. The molecule has 0 amide bonds. The van der Waals surface area contributed by atoms with Crippen molar-refractivity contribution in [1.82, 2.24) is 14.9 Å². The summed E-state index contributed by atoms with van der Waals surface area (Å²) >= 11 is 5.95. The van der Waals surface area contributed by atoms with Gasteiger partial charge in [-0.3, -0.25) is 15.5 Å². The summed E-state index contributed by atoms with van der Waals surface area (Å²) in [5.74, 6) is 1.09. The summed E-state index contributed by atoms with van der Waals surface area (Å²) in [6, 6.07) is 3.86. The first-order valence-corrected chi connectivity index (χ1v) is 6.05. The summed E-state index contributed by atoms with van der Waals surface area (Å²) in [5.41, 5.74) is 2.77. The lowest BCUT2D eigenvalue weighted by atomic mass is 10.2. The number of aliphatic hydroxyl groups excluding tert-OH is 1. The van der Waals surface area contributed by atoms with Gasteiger partial charge in [-0.25, -0.2) is 4.68 Å². The molecule has 9 heteroatoms. The van der Waals surface area contributed by atoms with Crippen LogP contribution in [-0.2, 0) is 0 Å². The first kappa shape index (κ1) is 14.2. The van der Waals surface area contributed by atoms with Gasteiger partial charge in [0.05, 0.1) is 4.92 Å². The van der Waals surface area contributed by atoms with E-state index in [1.54, 1.807) is 13.8 Å². The molecule has 8 nitrogen and oxygen atoms in total. The van der Waals surface area contributed by atoms with E-state index in [0.717, 1.165) is 0 Å². The molecule has 1 aromatic heterocycles. The highest BCUT2D eigenvalue weighted by molar-refractivity contribution is 6.31. The number of aromatic nitrogens is 3. The predicted molar refractivity (Wildman–Crippen MR) is 71.9 cm³/mol. The van der Waals surface area contributed by atoms with Crippen LogP contribution in [-0.4, -0.2) is 24.9 Å². The first-order valence-electron chi connectivity index (χ1n) is 5.67. The van der Waals surface area contributed by atoms with Crippen LogP contribution in [0.15, 0.2) is 18.2 Å². The Bertz CT molecular complexity index is 638. The highest BCUT2D eigenvalue weighted by Crippen LogP contribution is 2.26. The quantitative estimate of drug-likeness (QED) is 0.505. The van der Waals surface area contributed by atoms with E-state index < -0.39 is 11.2 Å². The van der Waals surface area contributed by atoms with Gasteiger partial charge >= 0.3 is 0 Å². The summed E-state index contributed by atoms with van der Waals surface area (Å²) in [7, 11) is 0. The summed E-state index contributed by atoms with van der Waals surface area (Å²) in [4.78, 5) is 10.2. The van der Waals surface area contributed by atoms with Gasteiger partial charge in [0, 0.05) is 22.7 Å². The number of rotatable bonds is 4. The van der Waals surface area contributed by atoms with Crippen molar-refractivity contribution in [2.75, 3.05) is 5.43 Å². The fourth-order valence-electron chi connectivity index (χ4n) is 1.70. The summed E-state index contributed by atoms with van der Waals surface area (Å²) in [6.45, 7) is 3.41. The summed E-state index contributed by atoms with van der Waals surface area (Å²) < 4.78 is 1.47. The van der Waals surface area contributed by atoms with E-state index in [9.17, 15) is 15.2 Å². The third kappa shape index (κ3) is 2.70. The number of nitro groups is 1. The minimum atomic E-state index is -1.23. The average Bonchev–Trinajstić information content (AvgIpc) is 2.70. The van der Waals surface area contributed by atoms with Crippen molar-refractivity contribution in [3.63, 3.8) is 0 Å². The maximum absolute atomic E-state index is 10.7. The molecule has 20 heavy (non-hydrogen) atoms. The van der Waals surface area contributed by atoms with Crippen LogP contribution in [0, 0.1) is 24.0 Å². The molecule has 0 aliphatic heterocycles. The van der Waals surface area contributed by atoms with Crippen LogP contribution in [0.3, 0.4) is 0 Å². The van der Waals surface area contributed by atoms with Crippen LogP contribution in [0.25, 0.3) is 0 Å². The lowest BCUT2D eigenvalue weighted by Crippen LogP contribution is -2.23. The molecule has 1 atom stereocenters. The van der Waals surface area contributed by atoms with Crippen LogP contribution >= 0.6 is 11.6 Å². The number of aliphatic hydroxyl groups is 1. The molecular weight excluding hydrogens is 286 g/mol. The van der Waals surface area contributed by atoms with Gasteiger partial charge in [-0.15, -0.1) is 10.2 Å². The van der Waals surface area contributed by atoms with E-state index in [1.165, 1.54) is 22.9 Å². The topological polar surface area (TPSA) is 106 Å². The number of aryl methyl sites for hydroxylation is 2. The van der Waals surface area contributed by atoms with Crippen molar-refractivity contribution in [3.8, 4) is 0 Å². The number of hydrogen-bond donors (Lipinski definition) is 2. The molecular formula is C11H12ClN5O3. The Morgan fingerprint density at radius 1 is 1.40 bits per heavy atom. The van der Waals surface area contributed by atoms with E-state index in [0.29, 0.717) is 11.6 Å². The van der Waals surface area contributed by atoms with Gasteiger partial charge in [-0.1, -0.05) is 11.6 Å². The molecule has 1 unspecified atom stereocenters. The van der Waals surface area contributed by atoms with Crippen molar-refractivity contribution in [3.05, 3.63) is 50.5 Å². The van der Waals surface area contributed by atoms with Crippen LogP contribution in [0.4, 0.5) is 5.69 Å². The third-order valence-corrected chi connectivity index (χ3v) is 3.07. The Morgan fingerprint density at radius 3 is 2.55 bits per heavy atom. The zero-order chi connectivity index (χ0) is 14.9. The molecule has 2 aromatic rings. The fraction of sp³-hybridized carbons (Fsp3) is 0.273. The van der Waals surface area contributed by atoms with E-state index >= 15 is 0 Å². The van der Waals surface area contributed by atoms with Crippen LogP contribution in [0.1, 0.15) is 23.4 Å². The Kier molecular flexibility index (Phi) is 3.86. The number of nitro benzene ring substituents is 1. The van der Waals surface area contributed by atoms with Crippen molar-refractivity contribution in [2.24, 2.45) is 0 Å². The van der Waals surface area contributed by atoms with Gasteiger partial charge in [0.2, 0.25) is 0 Å². The van der Waals surface area contributed by atoms with E-state index in [1.807, 2.05) is 0 Å². The highest BCUT2D eigenvalue weighted by atomic mass is 35.5. The smallest absolute Gasteiger partial charge is 0.269 e. The summed E-state index contributed by atoms with van der Waals surface area (Å²) in [5, 5.41) is 28.8. The van der Waals surface area contributed by atoms with Gasteiger partial charge in [0.25, 0.3) is 5.69 Å². The van der Waals surface area contributed by atoms with Crippen molar-refractivity contribution in [1.29, 1.82) is 0 Å². The molecule has 2 N–H and O–H groups in total. The highest BCUT2D eigenvalue weighted by Gasteiger charge is 2.17. The second-order valence-electron chi connectivity index (χ2n) is 4.12. The number of benzene rings is 1. The van der Waals surface area contributed by atoms with Crippen LogP contribution in [0.2, 0.25) is 5.02 Å². The second kappa shape index (κ2) is 5.43. The number of hydrogen-bond acceptors (Lipinski definition) is 6. The second-order valence-corrected chi connectivity index (χ2v) is 4.53. The molecule has 0 fully saturated rings. The zero-order valence-electron chi connectivity index (χ0n) is 10.7. The van der Waals surface area contributed by atoms with Gasteiger partial charge in [-0.2, -0.15) is 0 Å². The van der Waals surface area contributed by atoms with Gasteiger partial charge < -0.3 is 5.11 Å². The molecule has 0 saturated carbocycles. The standard InChI is InChI=1S/C11H12ClN5O3/c1-6-13-14-7(2)16(6)15-11(18)9-5-8(17(19)20)3-4-10(9)12/h3-5,11,15,18H,1-2H3. The lowest BCUT2D eigenvalue weighted by Gasteiger charge is -2.17. The Balaban J connectivity index is 2.31. The maximum atomic E-state index is 10.7. The minimum absolute atomic E-state index is 0.151. The average molecular weight is 298 g/mol. The Labute approximate surface area is 119 Å². The van der Waals surface area contributed by atoms with Gasteiger partial charge in [0.1, 0.15) is 11.6 Å². The maximum Gasteiger partial charge on any atom is 0.269 e. The molecule has 1 aromatic carbocycles. The number of non-ortho nitro benzene ring substituents is 1. The lowest BCUT2D eigenvalue weighted by molar-refractivity contribution is -0.385. The molecule has 1 heterocycles. The Morgan fingerprint density at radius 2 is 2.00 bits per heavy atom. The van der Waals surface area contributed by atoms with Crippen LogP contribution in [0.5, 0.6) is 0 Å². The van der Waals surface area contributed by atoms with Gasteiger partial charge in [-0.05, 0) is 19.9 Å². The predicted octanol–water partition coefficient (Wildman–Crippen LogP) is 1.69. The number of nitrogens with zero attached hydrogens (tertiary/aromatic N) is 4. The molecule has 106 valence electrons. The molecule has 0 spiro atoms. The first-order chi connectivity index (χ1) is 9.40. The monoisotopic (exact) mass is 297 g/mol. The minimum Gasteiger partial charge on any atom is -0.368 e. The van der Waals surface area contributed by atoms with E-state index in [-0.39, 0.29) is 16.3 Å². The van der Waals surface area contributed by atoms with Crippen molar-refractivity contribution in [2.45, 2.75) is 20.1 Å². The molecule has 0 aliphatic rings. The number of halogens is 1. The number of nitrogens with one attached hydrogen (secondary N) is 1. The Hall–Kier alpha value is -2.19. The third-order valence-electron chi connectivity index (χ3n) is 2.72. The van der Waals surface area contributed by atoms with Gasteiger partial charge in [0.15, 0.2) is 6.23 Å². The van der Waals surface area contributed by atoms with E-state index in [4.69, 9.17) is 11.6 Å². The molecule has 2 rings (SSSR count). The van der Waals surface area contributed by atoms with Crippen LogP contribution < -0.4 is 5.43 Å². The molecule has 0 radical (unpaired) electrons. The zero-order valence-corrected chi connectivity index (χ0v) is 11.5. The van der Waals surface area contributed by atoms with E-state index in [2.05, 4.69) is 15.6 Å². The molecule has 0 saturated heterocycles. The van der Waals surface area contributed by atoms with Crippen molar-refractivity contribution < 1.29 is 10.0 Å². The molecule has 0 bridgehead atoms.